The van der Waals surface area contributed by atoms with Gasteiger partial charge in [-0.25, -0.2) is 18.4 Å². The van der Waals surface area contributed by atoms with E-state index in [2.05, 4.69) is 15.1 Å². The van der Waals surface area contributed by atoms with Crippen LogP contribution in [0.25, 0.3) is 11.4 Å². The second-order valence-electron chi connectivity index (χ2n) is 5.77. The van der Waals surface area contributed by atoms with Gasteiger partial charge in [-0.3, -0.25) is 4.98 Å². The van der Waals surface area contributed by atoms with Crippen molar-refractivity contribution in [3.8, 4) is 11.4 Å². The van der Waals surface area contributed by atoms with Gasteiger partial charge in [0, 0.05) is 18.0 Å². The van der Waals surface area contributed by atoms with Crippen molar-refractivity contribution < 1.29 is 22.5 Å². The Morgan fingerprint density at radius 3 is 2.74 bits per heavy atom. The van der Waals surface area contributed by atoms with E-state index >= 15 is 0 Å². The maximum absolute atomic E-state index is 12.4. The van der Waals surface area contributed by atoms with Crippen molar-refractivity contribution in [1.82, 2.24) is 15.1 Å². The number of pyridine rings is 1. The lowest BCUT2D eigenvalue weighted by atomic mass is 10.1. The highest BCUT2D eigenvalue weighted by molar-refractivity contribution is 7.89. The van der Waals surface area contributed by atoms with Crippen LogP contribution in [0, 0.1) is 6.92 Å². The largest absolute Gasteiger partial charge is 0.449 e. The summed E-state index contributed by atoms with van der Waals surface area (Å²) in [6.45, 7) is 3.22. The molecule has 0 amide bonds. The molecule has 2 N–H and O–H groups in total. The van der Waals surface area contributed by atoms with Crippen LogP contribution in [0.3, 0.4) is 0 Å². The van der Waals surface area contributed by atoms with E-state index in [9.17, 15) is 13.2 Å². The molecule has 0 aliphatic rings. The van der Waals surface area contributed by atoms with Crippen LogP contribution >= 0.6 is 0 Å². The number of aryl methyl sites for hydroxylation is 1. The highest BCUT2D eigenvalue weighted by Gasteiger charge is 2.22. The molecule has 10 heteroatoms. The van der Waals surface area contributed by atoms with E-state index in [0.717, 1.165) is 0 Å². The summed E-state index contributed by atoms with van der Waals surface area (Å²) in [5.74, 6) is -0.317. The number of rotatable bonds is 5. The Kier molecular flexibility index (Phi) is 5.02. The molecule has 2 aromatic heterocycles. The molecule has 0 aliphatic heterocycles. The highest BCUT2D eigenvalue weighted by atomic mass is 32.2. The van der Waals surface area contributed by atoms with Crippen LogP contribution in [0.2, 0.25) is 0 Å². The van der Waals surface area contributed by atoms with Crippen molar-refractivity contribution in [2.75, 3.05) is 0 Å². The van der Waals surface area contributed by atoms with Crippen LogP contribution in [0.15, 0.2) is 52.1 Å². The van der Waals surface area contributed by atoms with Crippen molar-refractivity contribution in [3.63, 3.8) is 0 Å². The average Bonchev–Trinajstić information content (AvgIpc) is 3.12. The van der Waals surface area contributed by atoms with Crippen LogP contribution in [0.5, 0.6) is 0 Å². The molecule has 9 nitrogen and oxygen atoms in total. The van der Waals surface area contributed by atoms with Crippen molar-refractivity contribution in [2.24, 2.45) is 5.14 Å². The predicted octanol–water partition coefficient (Wildman–Crippen LogP) is 2.01. The SMILES string of the molecule is Cc1ccc(S(N)(=O)=O)cc1C(=O)OC(C)c1nc(-c2cccnc2)no1. The van der Waals surface area contributed by atoms with Gasteiger partial charge in [0.1, 0.15) is 0 Å². The van der Waals surface area contributed by atoms with Gasteiger partial charge < -0.3 is 9.26 Å². The standard InChI is InChI=1S/C17H16N4O5S/c1-10-5-6-13(27(18,23)24)8-14(10)17(22)25-11(2)16-20-15(21-26-16)12-4-3-7-19-9-12/h3-9,11H,1-2H3,(H2,18,23,24). The average molecular weight is 388 g/mol. The number of hydrogen-bond acceptors (Lipinski definition) is 8. The molecule has 27 heavy (non-hydrogen) atoms. The van der Waals surface area contributed by atoms with Gasteiger partial charge in [0.2, 0.25) is 15.8 Å². The number of primary sulfonamides is 1. The van der Waals surface area contributed by atoms with E-state index in [1.54, 1.807) is 38.4 Å². The maximum Gasteiger partial charge on any atom is 0.339 e. The summed E-state index contributed by atoms with van der Waals surface area (Å²) in [5.41, 5.74) is 1.28. The molecule has 3 rings (SSSR count). The van der Waals surface area contributed by atoms with Crippen molar-refractivity contribution in [1.29, 1.82) is 0 Å². The first-order chi connectivity index (χ1) is 12.8. The van der Waals surface area contributed by atoms with Crippen LogP contribution in [0.4, 0.5) is 0 Å². The zero-order chi connectivity index (χ0) is 19.6. The predicted molar refractivity (Wildman–Crippen MR) is 93.9 cm³/mol. The Morgan fingerprint density at radius 2 is 2.07 bits per heavy atom. The zero-order valence-electron chi connectivity index (χ0n) is 14.5. The second kappa shape index (κ2) is 7.25. The van der Waals surface area contributed by atoms with Gasteiger partial charge in [-0.05, 0) is 43.7 Å². The van der Waals surface area contributed by atoms with Crippen LogP contribution in [0.1, 0.15) is 34.8 Å². The lowest BCUT2D eigenvalue weighted by Crippen LogP contribution is -2.15. The van der Waals surface area contributed by atoms with Crippen molar-refractivity contribution in [3.05, 3.63) is 59.7 Å². The van der Waals surface area contributed by atoms with E-state index in [4.69, 9.17) is 14.4 Å². The minimum Gasteiger partial charge on any atom is -0.449 e. The van der Waals surface area contributed by atoms with Crippen molar-refractivity contribution in [2.45, 2.75) is 24.8 Å². The highest BCUT2D eigenvalue weighted by Crippen LogP contribution is 2.22. The van der Waals surface area contributed by atoms with Gasteiger partial charge in [-0.2, -0.15) is 4.98 Å². The van der Waals surface area contributed by atoms with E-state index in [-0.39, 0.29) is 16.3 Å². The third-order valence-corrected chi connectivity index (χ3v) is 4.66. The molecule has 0 bridgehead atoms. The van der Waals surface area contributed by atoms with E-state index in [0.29, 0.717) is 17.0 Å². The van der Waals surface area contributed by atoms with Crippen LogP contribution in [-0.2, 0) is 14.8 Å². The number of nitrogens with zero attached hydrogens (tertiary/aromatic N) is 3. The topological polar surface area (TPSA) is 138 Å². The fourth-order valence-corrected chi connectivity index (χ4v) is 2.82. The summed E-state index contributed by atoms with van der Waals surface area (Å²) in [4.78, 5) is 20.4. The third-order valence-electron chi connectivity index (χ3n) is 3.75. The molecule has 0 saturated carbocycles. The molecule has 0 fully saturated rings. The summed E-state index contributed by atoms with van der Waals surface area (Å²) in [6, 6.07) is 7.47. The molecule has 1 aromatic carbocycles. The first-order valence-electron chi connectivity index (χ1n) is 7.84. The molecule has 0 spiro atoms. The lowest BCUT2D eigenvalue weighted by Gasteiger charge is -2.11. The quantitative estimate of drug-likeness (QED) is 0.655. The molecular formula is C17H16N4O5S. The van der Waals surface area contributed by atoms with Gasteiger partial charge in [0.05, 0.1) is 10.5 Å². The first kappa shape index (κ1) is 18.7. The second-order valence-corrected chi connectivity index (χ2v) is 7.33. The molecule has 3 aromatic rings. The molecule has 1 atom stereocenters. The van der Waals surface area contributed by atoms with E-state index in [1.807, 2.05) is 0 Å². The van der Waals surface area contributed by atoms with Gasteiger partial charge in [0.25, 0.3) is 5.89 Å². The molecular weight excluding hydrogens is 372 g/mol. The van der Waals surface area contributed by atoms with Gasteiger partial charge in [0.15, 0.2) is 6.10 Å². The third kappa shape index (κ3) is 4.18. The monoisotopic (exact) mass is 388 g/mol. The number of esters is 1. The Morgan fingerprint density at radius 1 is 1.30 bits per heavy atom. The minimum atomic E-state index is -3.94. The summed E-state index contributed by atoms with van der Waals surface area (Å²) in [6.07, 6.45) is 2.35. The van der Waals surface area contributed by atoms with Crippen LogP contribution < -0.4 is 5.14 Å². The Labute approximate surface area is 155 Å². The lowest BCUT2D eigenvalue weighted by molar-refractivity contribution is 0.0264. The number of ether oxygens (including phenoxy) is 1. The Bertz CT molecular complexity index is 1080. The molecule has 0 aliphatic carbocycles. The Balaban J connectivity index is 1.80. The smallest absolute Gasteiger partial charge is 0.339 e. The number of carbonyl (C=O) groups is 1. The van der Waals surface area contributed by atoms with Gasteiger partial charge in [-0.1, -0.05) is 11.2 Å². The molecule has 0 radical (unpaired) electrons. The minimum absolute atomic E-state index is 0.0837. The van der Waals surface area contributed by atoms with E-state index < -0.39 is 22.1 Å². The van der Waals surface area contributed by atoms with Gasteiger partial charge >= 0.3 is 5.97 Å². The molecule has 2 heterocycles. The number of aromatic nitrogens is 3. The number of benzene rings is 1. The van der Waals surface area contributed by atoms with Gasteiger partial charge in [-0.15, -0.1) is 0 Å². The molecule has 1 unspecified atom stereocenters. The fourth-order valence-electron chi connectivity index (χ4n) is 2.29. The summed E-state index contributed by atoms with van der Waals surface area (Å²) < 4.78 is 33.5. The number of sulfonamides is 1. The Hall–Kier alpha value is -3.11. The summed E-state index contributed by atoms with van der Waals surface area (Å²) in [7, 11) is -3.94. The number of hydrogen-bond donors (Lipinski definition) is 1. The zero-order valence-corrected chi connectivity index (χ0v) is 15.3. The van der Waals surface area contributed by atoms with Crippen LogP contribution in [-0.4, -0.2) is 29.5 Å². The molecule has 140 valence electrons. The van der Waals surface area contributed by atoms with E-state index in [1.165, 1.54) is 18.2 Å². The maximum atomic E-state index is 12.4. The normalized spacial score (nSPS) is 12.6. The number of carbonyl (C=O) groups excluding carboxylic acids is 1. The summed E-state index contributed by atoms with van der Waals surface area (Å²) in [5, 5.41) is 8.95. The summed E-state index contributed by atoms with van der Waals surface area (Å²) >= 11 is 0. The molecule has 0 saturated heterocycles. The van der Waals surface area contributed by atoms with Crippen molar-refractivity contribution >= 4 is 16.0 Å². The number of nitrogens with two attached hydrogens (primary N) is 1. The fraction of sp³-hybridized carbons (Fsp3) is 0.176. The first-order valence-corrected chi connectivity index (χ1v) is 9.39.